The molecule has 0 radical (unpaired) electrons. The van der Waals surface area contributed by atoms with Crippen LogP contribution in [0.3, 0.4) is 0 Å². The molecular formula is C15H17BrFNO4. The number of hydrogen-bond donors (Lipinski definition) is 1. The molecule has 0 bridgehead atoms. The molecule has 1 atom stereocenters. The standard InChI is InChI=1S/C15H17BrFNO4/c16-11-6-10(7-12(17)8-11)15(21)18(4-3-14(19)20)9-13-2-1-5-22-13/h6-8,13H,1-5,9H2,(H,19,20). The Balaban J connectivity index is 2.14. The minimum Gasteiger partial charge on any atom is -0.481 e. The van der Waals surface area contributed by atoms with Crippen molar-refractivity contribution in [1.29, 1.82) is 0 Å². The Kier molecular flexibility index (Phi) is 5.90. The zero-order valence-electron chi connectivity index (χ0n) is 11.9. The van der Waals surface area contributed by atoms with E-state index in [4.69, 9.17) is 9.84 Å². The third kappa shape index (κ3) is 4.78. The molecule has 1 fully saturated rings. The molecule has 1 amide bonds. The van der Waals surface area contributed by atoms with E-state index in [1.807, 2.05) is 0 Å². The molecule has 1 unspecified atom stereocenters. The first-order chi connectivity index (χ1) is 10.5. The highest BCUT2D eigenvalue weighted by Gasteiger charge is 2.24. The van der Waals surface area contributed by atoms with Crippen molar-refractivity contribution in [2.45, 2.75) is 25.4 Å². The van der Waals surface area contributed by atoms with Crippen molar-refractivity contribution in [3.63, 3.8) is 0 Å². The molecule has 7 heteroatoms. The van der Waals surface area contributed by atoms with Gasteiger partial charge in [-0.2, -0.15) is 0 Å². The van der Waals surface area contributed by atoms with Crippen LogP contribution < -0.4 is 0 Å². The lowest BCUT2D eigenvalue weighted by Gasteiger charge is -2.25. The number of rotatable bonds is 6. The molecule has 2 rings (SSSR count). The van der Waals surface area contributed by atoms with Gasteiger partial charge in [0.25, 0.3) is 5.91 Å². The van der Waals surface area contributed by atoms with Crippen LogP contribution in [0, 0.1) is 5.82 Å². The van der Waals surface area contributed by atoms with Gasteiger partial charge < -0.3 is 14.7 Å². The molecule has 120 valence electrons. The van der Waals surface area contributed by atoms with Crippen molar-refractivity contribution in [2.24, 2.45) is 0 Å². The van der Waals surface area contributed by atoms with Gasteiger partial charge in [-0.05, 0) is 31.0 Å². The number of ether oxygens (including phenoxy) is 1. The zero-order valence-corrected chi connectivity index (χ0v) is 13.5. The average Bonchev–Trinajstić information content (AvgIpc) is 2.94. The number of carboxylic acid groups (broad SMARTS) is 1. The van der Waals surface area contributed by atoms with Gasteiger partial charge in [-0.15, -0.1) is 0 Å². The van der Waals surface area contributed by atoms with Crippen LogP contribution in [0.2, 0.25) is 0 Å². The summed E-state index contributed by atoms with van der Waals surface area (Å²) >= 11 is 3.15. The van der Waals surface area contributed by atoms with E-state index in [0.717, 1.165) is 18.9 Å². The van der Waals surface area contributed by atoms with Crippen molar-refractivity contribution in [3.05, 3.63) is 34.1 Å². The van der Waals surface area contributed by atoms with Crippen molar-refractivity contribution in [3.8, 4) is 0 Å². The molecule has 1 aliphatic heterocycles. The van der Waals surface area contributed by atoms with Crippen molar-refractivity contribution < 1.29 is 23.8 Å². The summed E-state index contributed by atoms with van der Waals surface area (Å²) in [7, 11) is 0. The van der Waals surface area contributed by atoms with Gasteiger partial charge in [0.1, 0.15) is 5.82 Å². The Morgan fingerprint density at radius 3 is 2.77 bits per heavy atom. The quantitative estimate of drug-likeness (QED) is 0.832. The number of hydrogen-bond acceptors (Lipinski definition) is 3. The number of carbonyl (C=O) groups excluding carboxylic acids is 1. The Hall–Kier alpha value is -1.47. The largest absolute Gasteiger partial charge is 0.481 e. The Morgan fingerprint density at radius 2 is 2.18 bits per heavy atom. The summed E-state index contributed by atoms with van der Waals surface area (Å²) in [5, 5.41) is 8.83. The second-order valence-corrected chi connectivity index (χ2v) is 6.10. The second kappa shape index (κ2) is 7.69. The Labute approximate surface area is 136 Å². The van der Waals surface area contributed by atoms with Gasteiger partial charge in [-0.25, -0.2) is 4.39 Å². The molecule has 1 aromatic rings. The molecule has 0 aliphatic carbocycles. The lowest BCUT2D eigenvalue weighted by molar-refractivity contribution is -0.137. The van der Waals surface area contributed by atoms with Gasteiger partial charge in [0, 0.05) is 29.7 Å². The minimum absolute atomic E-state index is 0.0716. The van der Waals surface area contributed by atoms with Crippen LogP contribution in [0.4, 0.5) is 4.39 Å². The van der Waals surface area contributed by atoms with E-state index < -0.39 is 17.7 Å². The molecule has 5 nitrogen and oxygen atoms in total. The summed E-state index contributed by atoms with van der Waals surface area (Å²) in [4.78, 5) is 24.7. The molecule has 22 heavy (non-hydrogen) atoms. The first-order valence-electron chi connectivity index (χ1n) is 7.04. The van der Waals surface area contributed by atoms with E-state index in [1.165, 1.54) is 17.0 Å². The Morgan fingerprint density at radius 1 is 1.41 bits per heavy atom. The van der Waals surface area contributed by atoms with E-state index >= 15 is 0 Å². The average molecular weight is 374 g/mol. The first-order valence-corrected chi connectivity index (χ1v) is 7.84. The van der Waals surface area contributed by atoms with Gasteiger partial charge >= 0.3 is 5.97 Å². The summed E-state index contributed by atoms with van der Waals surface area (Å²) in [6.07, 6.45) is 1.52. The topological polar surface area (TPSA) is 66.8 Å². The molecule has 1 N–H and O–H groups in total. The maximum Gasteiger partial charge on any atom is 0.305 e. The van der Waals surface area contributed by atoms with E-state index in [2.05, 4.69) is 15.9 Å². The fourth-order valence-corrected chi connectivity index (χ4v) is 2.87. The van der Waals surface area contributed by atoms with Crippen LogP contribution >= 0.6 is 15.9 Å². The van der Waals surface area contributed by atoms with Gasteiger partial charge in [0.2, 0.25) is 0 Å². The van der Waals surface area contributed by atoms with Gasteiger partial charge in [0.15, 0.2) is 0 Å². The molecule has 0 aromatic heterocycles. The first kappa shape index (κ1) is 16.9. The molecule has 1 heterocycles. The number of benzene rings is 1. The van der Waals surface area contributed by atoms with Crippen LogP contribution in [0.5, 0.6) is 0 Å². The highest BCUT2D eigenvalue weighted by Crippen LogP contribution is 2.19. The molecular weight excluding hydrogens is 357 g/mol. The van der Waals surface area contributed by atoms with Crippen LogP contribution in [0.15, 0.2) is 22.7 Å². The fraction of sp³-hybridized carbons (Fsp3) is 0.467. The van der Waals surface area contributed by atoms with Crippen LogP contribution in [-0.4, -0.2) is 47.7 Å². The lowest BCUT2D eigenvalue weighted by Crippen LogP contribution is -2.38. The number of amides is 1. The third-order valence-electron chi connectivity index (χ3n) is 3.44. The molecule has 0 spiro atoms. The summed E-state index contributed by atoms with van der Waals surface area (Å²) < 4.78 is 19.4. The second-order valence-electron chi connectivity index (χ2n) is 5.19. The fourth-order valence-electron chi connectivity index (χ4n) is 2.40. The predicted molar refractivity (Wildman–Crippen MR) is 81.2 cm³/mol. The van der Waals surface area contributed by atoms with Crippen LogP contribution in [0.25, 0.3) is 0 Å². The predicted octanol–water partition coefficient (Wildman–Crippen LogP) is 2.68. The molecule has 1 aromatic carbocycles. The summed E-state index contributed by atoms with van der Waals surface area (Å²) in [5.41, 5.74) is 0.190. The van der Waals surface area contributed by atoms with Gasteiger partial charge in [0.05, 0.1) is 12.5 Å². The van der Waals surface area contributed by atoms with E-state index in [9.17, 15) is 14.0 Å². The smallest absolute Gasteiger partial charge is 0.305 e. The lowest BCUT2D eigenvalue weighted by atomic mass is 10.1. The van der Waals surface area contributed by atoms with Gasteiger partial charge in [-0.3, -0.25) is 9.59 Å². The van der Waals surface area contributed by atoms with Gasteiger partial charge in [-0.1, -0.05) is 15.9 Å². The van der Waals surface area contributed by atoms with E-state index in [1.54, 1.807) is 0 Å². The molecule has 1 aliphatic rings. The molecule has 0 saturated carbocycles. The maximum absolute atomic E-state index is 13.5. The van der Waals surface area contributed by atoms with Crippen molar-refractivity contribution in [1.82, 2.24) is 4.90 Å². The number of carbonyl (C=O) groups is 2. The monoisotopic (exact) mass is 373 g/mol. The molecule has 1 saturated heterocycles. The van der Waals surface area contributed by atoms with Crippen molar-refractivity contribution >= 4 is 27.8 Å². The third-order valence-corrected chi connectivity index (χ3v) is 3.90. The SMILES string of the molecule is O=C(O)CCN(CC1CCCO1)C(=O)c1cc(F)cc(Br)c1. The Bertz CT molecular complexity index is 540. The summed E-state index contributed by atoms with van der Waals surface area (Å²) in [6, 6.07) is 3.93. The van der Waals surface area contributed by atoms with E-state index in [-0.39, 0.29) is 24.6 Å². The van der Waals surface area contributed by atoms with E-state index in [0.29, 0.717) is 17.6 Å². The summed E-state index contributed by atoms with van der Waals surface area (Å²) in [5.74, 6) is -1.89. The van der Waals surface area contributed by atoms with Crippen molar-refractivity contribution in [2.75, 3.05) is 19.7 Å². The van der Waals surface area contributed by atoms with Crippen LogP contribution in [-0.2, 0) is 9.53 Å². The normalized spacial score (nSPS) is 17.5. The maximum atomic E-state index is 13.5. The summed E-state index contributed by atoms with van der Waals surface area (Å²) in [6.45, 7) is 1.04. The van der Waals surface area contributed by atoms with Crippen LogP contribution in [0.1, 0.15) is 29.6 Å². The number of aliphatic carboxylic acids is 1. The highest BCUT2D eigenvalue weighted by molar-refractivity contribution is 9.10. The number of halogens is 2. The highest BCUT2D eigenvalue weighted by atomic mass is 79.9. The minimum atomic E-state index is -0.981. The number of carboxylic acids is 1. The zero-order chi connectivity index (χ0) is 16.1. The number of nitrogens with zero attached hydrogens (tertiary/aromatic N) is 1.